The van der Waals surface area contributed by atoms with Crippen molar-refractivity contribution in [1.82, 2.24) is 0 Å². The smallest absolute Gasteiger partial charge is 0.131 e. The molecule has 0 aromatic rings. The molecule has 0 bridgehead atoms. The van der Waals surface area contributed by atoms with Crippen LogP contribution >= 0.6 is 0 Å². The van der Waals surface area contributed by atoms with E-state index in [2.05, 4.69) is 26.7 Å². The normalized spacial score (nSPS) is 14.2. The average molecular weight is 381 g/mol. The molecule has 28 heavy (non-hydrogen) atoms. The first-order chi connectivity index (χ1) is 13.3. The highest BCUT2D eigenvalue weighted by Crippen LogP contribution is 2.25. The van der Waals surface area contributed by atoms with E-state index in [0.29, 0.717) is 11.1 Å². The van der Waals surface area contributed by atoms with Gasteiger partial charge < -0.3 is 0 Å². The predicted octanol–water partition coefficient (Wildman–Crippen LogP) is 9.06. The lowest BCUT2D eigenvalue weighted by Gasteiger charge is -2.07. The first-order valence-electron chi connectivity index (χ1n) is 10.1. The van der Waals surface area contributed by atoms with Gasteiger partial charge >= 0.3 is 0 Å². The molecule has 0 radical (unpaired) electrons. The van der Waals surface area contributed by atoms with E-state index in [9.17, 15) is 4.39 Å². The van der Waals surface area contributed by atoms with Crippen LogP contribution in [-0.4, -0.2) is 0 Å². The molecule has 1 heteroatoms. The number of hydrogen-bond donors (Lipinski definition) is 0. The molecule has 0 saturated carbocycles. The topological polar surface area (TPSA) is 0 Å². The molecule has 0 aromatic carbocycles. The van der Waals surface area contributed by atoms with Crippen LogP contribution < -0.4 is 0 Å². The summed E-state index contributed by atoms with van der Waals surface area (Å²) in [6, 6.07) is 0. The second-order valence-corrected chi connectivity index (χ2v) is 6.80. The Morgan fingerprint density at radius 1 is 0.821 bits per heavy atom. The fraction of sp³-hybridized carbons (Fsp3) is 0.333. The van der Waals surface area contributed by atoms with Crippen molar-refractivity contribution in [2.45, 2.75) is 60.3 Å². The molecule has 0 fully saturated rings. The van der Waals surface area contributed by atoms with Gasteiger partial charge in [0.15, 0.2) is 0 Å². The summed E-state index contributed by atoms with van der Waals surface area (Å²) in [5.41, 5.74) is 4.81. The van der Waals surface area contributed by atoms with Gasteiger partial charge in [-0.05, 0) is 63.3 Å². The molecule has 152 valence electrons. The van der Waals surface area contributed by atoms with Gasteiger partial charge in [-0.15, -0.1) is 0 Å². The lowest BCUT2D eigenvalue weighted by molar-refractivity contribution is 0.654. The zero-order valence-electron chi connectivity index (χ0n) is 18.4. The Bertz CT molecular complexity index is 730. The van der Waals surface area contributed by atoms with E-state index in [1.165, 1.54) is 18.9 Å². The Labute approximate surface area is 172 Å². The van der Waals surface area contributed by atoms with Crippen LogP contribution in [0.15, 0.2) is 108 Å². The highest BCUT2D eigenvalue weighted by atomic mass is 19.1. The summed E-state index contributed by atoms with van der Waals surface area (Å²) in [5.74, 6) is -0.320. The third-order valence-corrected chi connectivity index (χ3v) is 4.48. The van der Waals surface area contributed by atoms with Gasteiger partial charge in [0.2, 0.25) is 0 Å². The van der Waals surface area contributed by atoms with Gasteiger partial charge in [-0.3, -0.25) is 0 Å². The Balaban J connectivity index is 5.25. The van der Waals surface area contributed by atoms with E-state index in [0.717, 1.165) is 35.1 Å². The molecule has 0 rings (SSSR count). The van der Waals surface area contributed by atoms with Crippen LogP contribution in [0, 0.1) is 0 Å². The maximum absolute atomic E-state index is 14.9. The third-order valence-electron chi connectivity index (χ3n) is 4.48. The number of allylic oxidation sites excluding steroid dienone is 15. The van der Waals surface area contributed by atoms with Crippen LogP contribution in [-0.2, 0) is 0 Å². The third kappa shape index (κ3) is 10.1. The second-order valence-electron chi connectivity index (χ2n) is 6.80. The van der Waals surface area contributed by atoms with Crippen LogP contribution in [0.1, 0.15) is 60.3 Å². The Morgan fingerprint density at radius 3 is 2.00 bits per heavy atom. The van der Waals surface area contributed by atoms with E-state index in [-0.39, 0.29) is 5.83 Å². The van der Waals surface area contributed by atoms with Gasteiger partial charge in [-0.2, -0.15) is 0 Å². The molecule has 0 nitrogen and oxygen atoms in total. The number of halogens is 1. The molecule has 0 N–H and O–H groups in total. The summed E-state index contributed by atoms with van der Waals surface area (Å²) < 4.78 is 14.9. The van der Waals surface area contributed by atoms with Gasteiger partial charge in [-0.1, -0.05) is 93.2 Å². The second kappa shape index (κ2) is 14.6. The van der Waals surface area contributed by atoms with Crippen molar-refractivity contribution in [3.05, 3.63) is 108 Å². The van der Waals surface area contributed by atoms with Crippen LogP contribution in [0.5, 0.6) is 0 Å². The minimum Gasteiger partial charge on any atom is -0.206 e. The van der Waals surface area contributed by atoms with Crippen molar-refractivity contribution >= 4 is 0 Å². The van der Waals surface area contributed by atoms with Crippen LogP contribution in [0.3, 0.4) is 0 Å². The summed E-state index contributed by atoms with van der Waals surface area (Å²) in [7, 11) is 0. The standard InChI is InChI=1S/C27H37F/c1-9-13-14-15-22(6)17-18-23(7)25(11-3)20-27(28)26(12-4)24(8)19-16-21(5)10-2/h10-12,16-20H,6-9,13-15H2,1-5H3/b18-17-,19-16-,21-10-,25-11+,26-12-,27-20+. The van der Waals surface area contributed by atoms with Crippen LogP contribution in [0.4, 0.5) is 4.39 Å². The van der Waals surface area contributed by atoms with Crippen molar-refractivity contribution in [2.75, 3.05) is 0 Å². The van der Waals surface area contributed by atoms with Gasteiger partial charge in [0.25, 0.3) is 0 Å². The maximum atomic E-state index is 14.9. The molecule has 0 aromatic heterocycles. The van der Waals surface area contributed by atoms with Crippen molar-refractivity contribution in [3.63, 3.8) is 0 Å². The fourth-order valence-electron chi connectivity index (χ4n) is 2.47. The first kappa shape index (κ1) is 25.6. The molecule has 0 aliphatic rings. The molecule has 0 atom stereocenters. The molecule has 0 saturated heterocycles. The van der Waals surface area contributed by atoms with E-state index in [4.69, 9.17) is 0 Å². The monoisotopic (exact) mass is 380 g/mol. The molecule has 0 unspecified atom stereocenters. The maximum Gasteiger partial charge on any atom is 0.131 e. The molecular formula is C27H37F. The number of hydrogen-bond acceptors (Lipinski definition) is 0. The number of rotatable bonds is 12. The van der Waals surface area contributed by atoms with E-state index < -0.39 is 0 Å². The fourth-order valence-corrected chi connectivity index (χ4v) is 2.47. The first-order valence-corrected chi connectivity index (χ1v) is 10.1. The summed E-state index contributed by atoms with van der Waals surface area (Å²) >= 11 is 0. The highest BCUT2D eigenvalue weighted by Gasteiger charge is 2.08. The zero-order chi connectivity index (χ0) is 21.5. The van der Waals surface area contributed by atoms with Gasteiger partial charge in [0.1, 0.15) is 5.83 Å². The summed E-state index contributed by atoms with van der Waals surface area (Å²) in [4.78, 5) is 0. The van der Waals surface area contributed by atoms with Gasteiger partial charge in [0, 0.05) is 5.57 Å². The van der Waals surface area contributed by atoms with Crippen molar-refractivity contribution in [2.24, 2.45) is 0 Å². The average Bonchev–Trinajstić information content (AvgIpc) is 2.68. The minimum atomic E-state index is -0.320. The molecule has 0 amide bonds. The van der Waals surface area contributed by atoms with Crippen LogP contribution in [0.25, 0.3) is 0 Å². The van der Waals surface area contributed by atoms with Crippen molar-refractivity contribution in [1.29, 1.82) is 0 Å². The van der Waals surface area contributed by atoms with Crippen LogP contribution in [0.2, 0.25) is 0 Å². The molecule has 0 aliphatic carbocycles. The van der Waals surface area contributed by atoms with Gasteiger partial charge in [-0.25, -0.2) is 4.39 Å². The summed E-state index contributed by atoms with van der Waals surface area (Å²) in [6.07, 6.45) is 19.3. The predicted molar refractivity (Wildman–Crippen MR) is 126 cm³/mol. The summed E-state index contributed by atoms with van der Waals surface area (Å²) in [5, 5.41) is 0. The molecule has 0 heterocycles. The lowest BCUT2D eigenvalue weighted by Crippen LogP contribution is -1.90. The van der Waals surface area contributed by atoms with Crippen molar-refractivity contribution < 1.29 is 4.39 Å². The molecule has 0 aliphatic heterocycles. The molecular weight excluding hydrogens is 343 g/mol. The van der Waals surface area contributed by atoms with E-state index in [1.807, 2.05) is 64.2 Å². The van der Waals surface area contributed by atoms with Crippen molar-refractivity contribution in [3.8, 4) is 0 Å². The van der Waals surface area contributed by atoms with Gasteiger partial charge in [0.05, 0.1) is 0 Å². The summed E-state index contributed by atoms with van der Waals surface area (Å²) in [6.45, 7) is 22.0. The SMILES string of the molecule is C=C(/C=C\C(=C)C(=C/C)/C=C(F)\C(=C/C)C(=C)/C=C\C(C)=C/C)CCCCC. The quantitative estimate of drug-likeness (QED) is 0.234. The highest BCUT2D eigenvalue weighted by molar-refractivity contribution is 5.54. The largest absolute Gasteiger partial charge is 0.206 e. The minimum absolute atomic E-state index is 0.320. The van der Waals surface area contributed by atoms with E-state index in [1.54, 1.807) is 6.08 Å². The zero-order valence-corrected chi connectivity index (χ0v) is 18.4. The Kier molecular flexibility index (Phi) is 13.4. The number of unbranched alkanes of at least 4 members (excludes halogenated alkanes) is 2. The van der Waals surface area contributed by atoms with E-state index >= 15 is 0 Å². The Morgan fingerprint density at radius 2 is 1.46 bits per heavy atom. The lowest BCUT2D eigenvalue weighted by atomic mass is 10.00. The molecule has 0 spiro atoms. The Hall–Kier alpha value is -2.41.